The zero-order valence-electron chi connectivity index (χ0n) is 16.3. The van der Waals surface area contributed by atoms with E-state index in [0.717, 1.165) is 46.1 Å². The van der Waals surface area contributed by atoms with Gasteiger partial charge in [-0.05, 0) is 36.4 Å². The first-order valence-corrected chi connectivity index (χ1v) is 10.9. The van der Waals surface area contributed by atoms with E-state index in [1.807, 2.05) is 54.0 Å². The highest BCUT2D eigenvalue weighted by Crippen LogP contribution is 2.34. The van der Waals surface area contributed by atoms with E-state index in [1.54, 1.807) is 22.2 Å². The molecule has 8 heteroatoms. The highest BCUT2D eigenvalue weighted by molar-refractivity contribution is 7.13. The normalized spacial score (nSPS) is 18.5. The van der Waals surface area contributed by atoms with Crippen LogP contribution in [0.25, 0.3) is 16.3 Å². The summed E-state index contributed by atoms with van der Waals surface area (Å²) in [6, 6.07) is 13.3. The lowest BCUT2D eigenvalue weighted by Crippen LogP contribution is -2.48. The van der Waals surface area contributed by atoms with Gasteiger partial charge in [0.1, 0.15) is 11.2 Å². The third kappa shape index (κ3) is 3.23. The number of hydrogen-bond donors (Lipinski definition) is 1. The Labute approximate surface area is 178 Å². The summed E-state index contributed by atoms with van der Waals surface area (Å²) in [5.41, 5.74) is 1.65. The molecule has 0 atom stereocenters. The van der Waals surface area contributed by atoms with Gasteiger partial charge in [0.2, 0.25) is 0 Å². The highest BCUT2D eigenvalue weighted by Gasteiger charge is 2.51. The van der Waals surface area contributed by atoms with Crippen molar-refractivity contribution in [2.24, 2.45) is 5.10 Å². The standard InChI is InChI=1S/C22H21N5O2S/c28-20-22(11-5-2-6-12-22)24-21(29)27(20)23-14-16-15-26(17-8-3-1-4-9-17)25-19(16)18-10-7-13-30-18/h1,3-4,7-10,13-15H,2,5-6,11-12H2,(H,24,29)/b23-14-. The first-order chi connectivity index (χ1) is 14.7. The van der Waals surface area contributed by atoms with Gasteiger partial charge in [-0.1, -0.05) is 43.5 Å². The van der Waals surface area contributed by atoms with E-state index in [1.165, 1.54) is 0 Å². The average molecular weight is 420 g/mol. The topological polar surface area (TPSA) is 79.6 Å². The Morgan fingerprint density at radius 1 is 1.07 bits per heavy atom. The number of aromatic nitrogens is 2. The molecule has 3 aromatic rings. The number of carbonyl (C=O) groups is 2. The SMILES string of the molecule is O=C1NC2(CCCCC2)C(=O)N1/N=C\c1cn(-c2ccccc2)nc1-c1cccs1. The first-order valence-electron chi connectivity index (χ1n) is 10.1. The molecule has 5 rings (SSSR count). The number of rotatable bonds is 4. The van der Waals surface area contributed by atoms with Crippen LogP contribution >= 0.6 is 11.3 Å². The minimum Gasteiger partial charge on any atom is -0.321 e. The Hall–Kier alpha value is -3.26. The number of hydrogen-bond acceptors (Lipinski definition) is 5. The summed E-state index contributed by atoms with van der Waals surface area (Å²) < 4.78 is 1.78. The molecule has 0 radical (unpaired) electrons. The number of hydrazone groups is 1. The molecule has 1 aromatic carbocycles. The molecule has 1 N–H and O–H groups in total. The van der Waals surface area contributed by atoms with E-state index in [2.05, 4.69) is 10.4 Å². The van der Waals surface area contributed by atoms with Gasteiger partial charge in [-0.3, -0.25) is 4.79 Å². The lowest BCUT2D eigenvalue weighted by Gasteiger charge is -2.29. The van der Waals surface area contributed by atoms with Crippen molar-refractivity contribution >= 4 is 29.5 Å². The molecular formula is C22H21N5O2S. The van der Waals surface area contributed by atoms with Crippen LogP contribution in [0.2, 0.25) is 0 Å². The molecule has 7 nitrogen and oxygen atoms in total. The van der Waals surface area contributed by atoms with Gasteiger partial charge in [0, 0.05) is 11.8 Å². The molecule has 0 bridgehead atoms. The maximum absolute atomic E-state index is 13.0. The summed E-state index contributed by atoms with van der Waals surface area (Å²) in [6.45, 7) is 0. The lowest BCUT2D eigenvalue weighted by atomic mass is 9.82. The zero-order chi connectivity index (χ0) is 20.6. The molecule has 2 aliphatic rings. The Kier molecular flexibility index (Phi) is 4.71. The molecule has 1 saturated heterocycles. The predicted molar refractivity (Wildman–Crippen MR) is 116 cm³/mol. The molecule has 1 aliphatic heterocycles. The molecule has 30 heavy (non-hydrogen) atoms. The Balaban J connectivity index is 1.48. The summed E-state index contributed by atoms with van der Waals surface area (Å²) in [5, 5.41) is 14.8. The summed E-state index contributed by atoms with van der Waals surface area (Å²) >= 11 is 1.58. The number of nitrogens with one attached hydrogen (secondary N) is 1. The van der Waals surface area contributed by atoms with Crippen LogP contribution in [0.3, 0.4) is 0 Å². The quantitative estimate of drug-likeness (QED) is 0.509. The fourth-order valence-corrected chi connectivity index (χ4v) is 4.86. The first kappa shape index (κ1) is 18.7. The fraction of sp³-hybridized carbons (Fsp3) is 0.273. The minimum atomic E-state index is -0.780. The van der Waals surface area contributed by atoms with Crippen LogP contribution in [-0.4, -0.2) is 38.5 Å². The minimum absolute atomic E-state index is 0.253. The molecule has 3 amide bonds. The molecule has 152 valence electrons. The molecule has 1 spiro atoms. The third-order valence-electron chi connectivity index (χ3n) is 5.68. The molecular weight excluding hydrogens is 398 g/mol. The van der Waals surface area contributed by atoms with Gasteiger partial charge < -0.3 is 5.32 Å². The molecule has 3 heterocycles. The monoisotopic (exact) mass is 419 g/mol. The van der Waals surface area contributed by atoms with Gasteiger partial charge in [-0.15, -0.1) is 16.3 Å². The number of para-hydroxylation sites is 1. The number of amides is 3. The maximum atomic E-state index is 13.0. The van der Waals surface area contributed by atoms with Gasteiger partial charge >= 0.3 is 6.03 Å². The third-order valence-corrected chi connectivity index (χ3v) is 6.55. The zero-order valence-corrected chi connectivity index (χ0v) is 17.1. The van der Waals surface area contributed by atoms with Crippen LogP contribution in [-0.2, 0) is 4.79 Å². The van der Waals surface area contributed by atoms with Crippen LogP contribution < -0.4 is 5.32 Å². The van der Waals surface area contributed by atoms with Gasteiger partial charge in [0.25, 0.3) is 5.91 Å². The second-order valence-corrected chi connectivity index (χ2v) is 8.57. The van der Waals surface area contributed by atoms with E-state index in [0.29, 0.717) is 12.8 Å². The number of imide groups is 1. The van der Waals surface area contributed by atoms with E-state index < -0.39 is 11.6 Å². The second-order valence-electron chi connectivity index (χ2n) is 7.62. The van der Waals surface area contributed by atoms with E-state index >= 15 is 0 Å². The van der Waals surface area contributed by atoms with Crippen LogP contribution in [0.15, 0.2) is 59.1 Å². The molecule has 0 unspecified atom stereocenters. The van der Waals surface area contributed by atoms with Gasteiger partial charge in [-0.2, -0.15) is 10.2 Å². The summed E-state index contributed by atoms with van der Waals surface area (Å²) in [5.74, 6) is -0.253. The number of benzene rings is 1. The Morgan fingerprint density at radius 3 is 2.60 bits per heavy atom. The Bertz CT molecular complexity index is 1100. The predicted octanol–water partition coefficient (Wildman–Crippen LogP) is 4.19. The number of urea groups is 1. The summed E-state index contributed by atoms with van der Waals surface area (Å²) in [6.07, 6.45) is 7.75. The van der Waals surface area contributed by atoms with Gasteiger partial charge in [0.05, 0.1) is 16.8 Å². The van der Waals surface area contributed by atoms with Crippen molar-refractivity contribution < 1.29 is 9.59 Å². The second kappa shape index (κ2) is 7.53. The molecule has 1 saturated carbocycles. The summed E-state index contributed by atoms with van der Waals surface area (Å²) in [7, 11) is 0. The van der Waals surface area contributed by atoms with Crippen LogP contribution in [0.5, 0.6) is 0 Å². The number of carbonyl (C=O) groups excluding carboxylic acids is 2. The van der Waals surface area contributed by atoms with Gasteiger partial charge in [0.15, 0.2) is 0 Å². The fourth-order valence-electron chi connectivity index (χ4n) is 4.12. The van der Waals surface area contributed by atoms with Crippen molar-refractivity contribution in [2.75, 3.05) is 0 Å². The van der Waals surface area contributed by atoms with Crippen molar-refractivity contribution in [1.82, 2.24) is 20.1 Å². The molecule has 2 aromatic heterocycles. The van der Waals surface area contributed by atoms with Crippen LogP contribution in [0.4, 0.5) is 4.79 Å². The number of thiophene rings is 1. The van der Waals surface area contributed by atoms with Crippen molar-refractivity contribution in [1.29, 1.82) is 0 Å². The maximum Gasteiger partial charge on any atom is 0.346 e. The van der Waals surface area contributed by atoms with Crippen molar-refractivity contribution in [3.05, 3.63) is 59.6 Å². The van der Waals surface area contributed by atoms with Gasteiger partial charge in [-0.25, -0.2) is 9.48 Å². The largest absolute Gasteiger partial charge is 0.346 e. The molecule has 2 fully saturated rings. The van der Waals surface area contributed by atoms with E-state index in [9.17, 15) is 9.59 Å². The van der Waals surface area contributed by atoms with E-state index in [4.69, 9.17) is 5.10 Å². The van der Waals surface area contributed by atoms with Crippen molar-refractivity contribution in [3.8, 4) is 16.3 Å². The van der Waals surface area contributed by atoms with Crippen LogP contribution in [0, 0.1) is 0 Å². The number of nitrogens with zero attached hydrogens (tertiary/aromatic N) is 4. The average Bonchev–Trinajstić information content (AvgIpc) is 3.49. The molecule has 1 aliphatic carbocycles. The van der Waals surface area contributed by atoms with Crippen molar-refractivity contribution in [2.45, 2.75) is 37.6 Å². The smallest absolute Gasteiger partial charge is 0.321 e. The Morgan fingerprint density at radius 2 is 1.87 bits per heavy atom. The lowest BCUT2D eigenvalue weighted by molar-refractivity contribution is -0.132. The van der Waals surface area contributed by atoms with Crippen LogP contribution in [0.1, 0.15) is 37.7 Å². The highest BCUT2D eigenvalue weighted by atomic mass is 32.1. The summed E-state index contributed by atoms with van der Waals surface area (Å²) in [4.78, 5) is 26.4. The van der Waals surface area contributed by atoms with E-state index in [-0.39, 0.29) is 5.91 Å². The van der Waals surface area contributed by atoms with Crippen molar-refractivity contribution in [3.63, 3.8) is 0 Å².